The summed E-state index contributed by atoms with van der Waals surface area (Å²) in [6, 6.07) is 2.53. The largest absolute Gasteiger partial charge is 0.365 e. The summed E-state index contributed by atoms with van der Waals surface area (Å²) in [7, 11) is 0. The first-order valence-electron chi connectivity index (χ1n) is 7.83. The van der Waals surface area contributed by atoms with Crippen molar-refractivity contribution in [3.8, 4) is 0 Å². The second-order valence-electron chi connectivity index (χ2n) is 6.93. The second-order valence-corrected chi connectivity index (χ2v) is 6.93. The molecule has 1 aliphatic rings. The van der Waals surface area contributed by atoms with Crippen molar-refractivity contribution >= 4 is 11.8 Å². The van der Waals surface area contributed by atoms with E-state index in [-0.39, 0.29) is 5.54 Å². The van der Waals surface area contributed by atoms with E-state index in [2.05, 4.69) is 41.4 Å². The summed E-state index contributed by atoms with van der Waals surface area (Å²) in [6.07, 6.45) is 7.83. The number of aryl methyl sites for hydroxylation is 1. The normalized spacial score (nSPS) is 17.6. The quantitative estimate of drug-likeness (QED) is 0.815. The van der Waals surface area contributed by atoms with Crippen molar-refractivity contribution in [2.45, 2.75) is 77.8 Å². The van der Waals surface area contributed by atoms with Crippen molar-refractivity contribution in [1.82, 2.24) is 9.97 Å². The molecule has 0 atom stereocenters. The fraction of sp³-hybridized carbons (Fsp3) is 0.750. The first-order valence-corrected chi connectivity index (χ1v) is 7.83. The van der Waals surface area contributed by atoms with Crippen LogP contribution in [0.4, 0.5) is 11.8 Å². The van der Waals surface area contributed by atoms with Gasteiger partial charge in [0.1, 0.15) is 5.82 Å². The van der Waals surface area contributed by atoms with Gasteiger partial charge in [-0.15, -0.1) is 0 Å². The van der Waals surface area contributed by atoms with Crippen molar-refractivity contribution in [1.29, 1.82) is 0 Å². The van der Waals surface area contributed by atoms with Crippen LogP contribution in [-0.4, -0.2) is 21.5 Å². The first-order chi connectivity index (χ1) is 9.42. The van der Waals surface area contributed by atoms with Crippen molar-refractivity contribution < 1.29 is 0 Å². The SMILES string of the molecule is Cc1cc(NC(C)(C)C)nc(NC2CCCCCC2)n1. The highest BCUT2D eigenvalue weighted by atomic mass is 15.2. The summed E-state index contributed by atoms with van der Waals surface area (Å²) in [5.74, 6) is 1.67. The lowest BCUT2D eigenvalue weighted by atomic mass is 10.1. The Hall–Kier alpha value is -1.32. The lowest BCUT2D eigenvalue weighted by Crippen LogP contribution is -2.27. The Kier molecular flexibility index (Phi) is 4.84. The Bertz CT molecular complexity index is 429. The summed E-state index contributed by atoms with van der Waals surface area (Å²) in [4.78, 5) is 9.14. The molecule has 0 amide bonds. The van der Waals surface area contributed by atoms with Crippen LogP contribution in [-0.2, 0) is 0 Å². The minimum atomic E-state index is 0.0143. The third-order valence-electron chi connectivity index (χ3n) is 3.55. The number of nitrogens with zero attached hydrogens (tertiary/aromatic N) is 2. The molecule has 1 aromatic heterocycles. The van der Waals surface area contributed by atoms with Crippen LogP contribution in [0.2, 0.25) is 0 Å². The van der Waals surface area contributed by atoms with Gasteiger partial charge >= 0.3 is 0 Å². The summed E-state index contributed by atoms with van der Waals surface area (Å²) in [6.45, 7) is 8.45. The van der Waals surface area contributed by atoms with Crippen LogP contribution in [0, 0.1) is 6.92 Å². The van der Waals surface area contributed by atoms with Crippen LogP contribution >= 0.6 is 0 Å². The molecule has 0 aliphatic heterocycles. The maximum absolute atomic E-state index is 4.61. The molecule has 1 aromatic rings. The molecule has 1 saturated carbocycles. The summed E-state index contributed by atoms with van der Waals surface area (Å²) >= 11 is 0. The first kappa shape index (κ1) is 15.1. The molecule has 0 aromatic carbocycles. The molecule has 4 nitrogen and oxygen atoms in total. The highest BCUT2D eigenvalue weighted by Crippen LogP contribution is 2.21. The van der Waals surface area contributed by atoms with Gasteiger partial charge in [-0.25, -0.2) is 4.98 Å². The van der Waals surface area contributed by atoms with Gasteiger partial charge in [-0.2, -0.15) is 4.98 Å². The zero-order valence-electron chi connectivity index (χ0n) is 13.3. The molecular weight excluding hydrogens is 248 g/mol. The van der Waals surface area contributed by atoms with Gasteiger partial charge in [0.25, 0.3) is 0 Å². The molecule has 20 heavy (non-hydrogen) atoms. The molecule has 0 bridgehead atoms. The third kappa shape index (κ3) is 4.99. The summed E-state index contributed by atoms with van der Waals surface area (Å²) < 4.78 is 0. The molecule has 0 radical (unpaired) electrons. The van der Waals surface area contributed by atoms with Crippen LogP contribution in [0.3, 0.4) is 0 Å². The van der Waals surface area contributed by atoms with Crippen LogP contribution in [0.25, 0.3) is 0 Å². The van der Waals surface area contributed by atoms with E-state index in [0.29, 0.717) is 6.04 Å². The predicted octanol–water partition coefficient (Wildman–Crippen LogP) is 4.13. The van der Waals surface area contributed by atoms with E-state index in [1.54, 1.807) is 0 Å². The molecule has 1 fully saturated rings. The lowest BCUT2D eigenvalue weighted by molar-refractivity contribution is 0.612. The second kappa shape index (κ2) is 6.42. The van der Waals surface area contributed by atoms with Gasteiger partial charge in [-0.1, -0.05) is 25.7 Å². The van der Waals surface area contributed by atoms with Crippen molar-refractivity contribution in [2.24, 2.45) is 0 Å². The molecule has 2 rings (SSSR count). The van der Waals surface area contributed by atoms with E-state index < -0.39 is 0 Å². The Balaban J connectivity index is 2.06. The topological polar surface area (TPSA) is 49.8 Å². The van der Waals surface area contributed by atoms with Crippen LogP contribution in [0.15, 0.2) is 6.07 Å². The molecule has 4 heteroatoms. The number of anilines is 2. The van der Waals surface area contributed by atoms with Crippen molar-refractivity contribution in [3.05, 3.63) is 11.8 Å². The van der Waals surface area contributed by atoms with E-state index in [4.69, 9.17) is 0 Å². The van der Waals surface area contributed by atoms with Gasteiger partial charge < -0.3 is 10.6 Å². The van der Waals surface area contributed by atoms with Crippen molar-refractivity contribution in [2.75, 3.05) is 10.6 Å². The lowest BCUT2D eigenvalue weighted by Gasteiger charge is -2.22. The average Bonchev–Trinajstić information content (AvgIpc) is 2.54. The number of hydrogen-bond acceptors (Lipinski definition) is 4. The standard InChI is InChI=1S/C16H28N4/c1-12-11-14(20-16(2,3)4)19-15(17-12)18-13-9-7-5-6-8-10-13/h11,13H,5-10H2,1-4H3,(H2,17,18,19,20). The monoisotopic (exact) mass is 276 g/mol. The Morgan fingerprint density at radius 2 is 1.70 bits per heavy atom. The van der Waals surface area contributed by atoms with Crippen LogP contribution < -0.4 is 10.6 Å². The smallest absolute Gasteiger partial charge is 0.225 e. The minimum absolute atomic E-state index is 0.0143. The fourth-order valence-corrected chi connectivity index (χ4v) is 2.69. The molecule has 0 saturated heterocycles. The Labute approximate surface area is 122 Å². The molecule has 1 heterocycles. The molecular formula is C16H28N4. The molecule has 0 spiro atoms. The molecule has 2 N–H and O–H groups in total. The fourth-order valence-electron chi connectivity index (χ4n) is 2.69. The predicted molar refractivity (Wildman–Crippen MR) is 85.3 cm³/mol. The van der Waals surface area contributed by atoms with E-state index in [1.807, 2.05) is 13.0 Å². The van der Waals surface area contributed by atoms with Crippen LogP contribution in [0.5, 0.6) is 0 Å². The maximum atomic E-state index is 4.61. The van der Waals surface area contributed by atoms with Crippen molar-refractivity contribution in [3.63, 3.8) is 0 Å². The number of hydrogen-bond donors (Lipinski definition) is 2. The van der Waals surface area contributed by atoms with Gasteiger partial charge in [0, 0.05) is 23.3 Å². The Morgan fingerprint density at radius 3 is 2.30 bits per heavy atom. The highest BCUT2D eigenvalue weighted by molar-refractivity contribution is 5.44. The Morgan fingerprint density at radius 1 is 1.05 bits per heavy atom. The molecule has 112 valence electrons. The number of nitrogens with one attached hydrogen (secondary N) is 2. The molecule has 1 aliphatic carbocycles. The van der Waals surface area contributed by atoms with Gasteiger partial charge in [0.15, 0.2) is 0 Å². The third-order valence-corrected chi connectivity index (χ3v) is 3.55. The van der Waals surface area contributed by atoms with Gasteiger partial charge in [0.05, 0.1) is 0 Å². The van der Waals surface area contributed by atoms with E-state index >= 15 is 0 Å². The number of rotatable bonds is 3. The van der Waals surface area contributed by atoms with E-state index in [9.17, 15) is 0 Å². The zero-order chi connectivity index (χ0) is 14.6. The van der Waals surface area contributed by atoms with Gasteiger partial charge in [-0.3, -0.25) is 0 Å². The molecule has 0 unspecified atom stereocenters. The summed E-state index contributed by atoms with van der Waals surface area (Å²) in [5.41, 5.74) is 1.02. The maximum Gasteiger partial charge on any atom is 0.225 e. The highest BCUT2D eigenvalue weighted by Gasteiger charge is 2.15. The van der Waals surface area contributed by atoms with Gasteiger partial charge in [-0.05, 0) is 40.5 Å². The summed E-state index contributed by atoms with van der Waals surface area (Å²) in [5, 5.41) is 6.95. The number of aromatic nitrogens is 2. The zero-order valence-corrected chi connectivity index (χ0v) is 13.3. The minimum Gasteiger partial charge on any atom is -0.365 e. The van der Waals surface area contributed by atoms with Crippen LogP contribution in [0.1, 0.15) is 65.0 Å². The average molecular weight is 276 g/mol. The van der Waals surface area contributed by atoms with E-state index in [0.717, 1.165) is 17.5 Å². The van der Waals surface area contributed by atoms with E-state index in [1.165, 1.54) is 38.5 Å². The van der Waals surface area contributed by atoms with Gasteiger partial charge in [0.2, 0.25) is 5.95 Å².